The van der Waals surface area contributed by atoms with Gasteiger partial charge in [0.05, 0.1) is 0 Å². The highest BCUT2D eigenvalue weighted by molar-refractivity contribution is 5.72. The SMILES string of the molecule is O=Cc1cc(OC(F)(F)F)cc(F)n1. The second-order valence-corrected chi connectivity index (χ2v) is 2.22. The average molecular weight is 209 g/mol. The van der Waals surface area contributed by atoms with Crippen LogP contribution in [0.3, 0.4) is 0 Å². The lowest BCUT2D eigenvalue weighted by Gasteiger charge is -2.08. The van der Waals surface area contributed by atoms with E-state index in [9.17, 15) is 22.4 Å². The van der Waals surface area contributed by atoms with E-state index in [0.29, 0.717) is 12.1 Å². The topological polar surface area (TPSA) is 39.2 Å². The molecule has 3 nitrogen and oxygen atoms in total. The molecule has 1 aromatic rings. The van der Waals surface area contributed by atoms with Gasteiger partial charge < -0.3 is 4.74 Å². The summed E-state index contributed by atoms with van der Waals surface area (Å²) in [6.45, 7) is 0. The van der Waals surface area contributed by atoms with Gasteiger partial charge in [0.2, 0.25) is 5.95 Å². The van der Waals surface area contributed by atoms with Gasteiger partial charge in [-0.3, -0.25) is 4.79 Å². The zero-order valence-corrected chi connectivity index (χ0v) is 6.51. The summed E-state index contributed by atoms with van der Waals surface area (Å²) in [7, 11) is 0. The standard InChI is InChI=1S/C7H3F4NO2/c8-6-2-5(14-7(9,10)11)1-4(3-13)12-6/h1-3H. The van der Waals surface area contributed by atoms with E-state index in [2.05, 4.69) is 9.72 Å². The van der Waals surface area contributed by atoms with Crippen molar-refractivity contribution in [2.75, 3.05) is 0 Å². The Morgan fingerprint density at radius 3 is 2.50 bits per heavy atom. The van der Waals surface area contributed by atoms with Crippen molar-refractivity contribution in [2.45, 2.75) is 6.36 Å². The summed E-state index contributed by atoms with van der Waals surface area (Å²) in [6, 6.07) is 1.12. The van der Waals surface area contributed by atoms with Crippen LogP contribution in [0.2, 0.25) is 0 Å². The maximum atomic E-state index is 12.5. The number of carbonyl (C=O) groups is 1. The number of pyridine rings is 1. The molecule has 0 bridgehead atoms. The van der Waals surface area contributed by atoms with E-state index in [4.69, 9.17) is 0 Å². The van der Waals surface area contributed by atoms with Gasteiger partial charge in [0.15, 0.2) is 6.29 Å². The van der Waals surface area contributed by atoms with E-state index in [0.717, 1.165) is 0 Å². The summed E-state index contributed by atoms with van der Waals surface area (Å²) in [5.41, 5.74) is -0.468. The first-order chi connectivity index (χ1) is 6.40. The summed E-state index contributed by atoms with van der Waals surface area (Å²) in [6.07, 6.45) is -4.81. The van der Waals surface area contributed by atoms with E-state index in [1.807, 2.05) is 0 Å². The lowest BCUT2D eigenvalue weighted by atomic mass is 10.3. The van der Waals surface area contributed by atoms with Gasteiger partial charge in [-0.25, -0.2) is 4.98 Å². The van der Waals surface area contributed by atoms with Gasteiger partial charge in [0, 0.05) is 12.1 Å². The maximum Gasteiger partial charge on any atom is 0.573 e. The molecular weight excluding hydrogens is 206 g/mol. The molecule has 1 heterocycles. The fourth-order valence-electron chi connectivity index (χ4n) is 0.746. The number of rotatable bonds is 2. The second-order valence-electron chi connectivity index (χ2n) is 2.22. The van der Waals surface area contributed by atoms with Crippen LogP contribution >= 0.6 is 0 Å². The molecular formula is C7H3F4NO2. The Balaban J connectivity index is 2.98. The van der Waals surface area contributed by atoms with Gasteiger partial charge in [-0.05, 0) is 0 Å². The van der Waals surface area contributed by atoms with Gasteiger partial charge in [-0.15, -0.1) is 13.2 Å². The highest BCUT2D eigenvalue weighted by atomic mass is 19.4. The molecule has 0 amide bonds. The molecule has 0 aromatic carbocycles. The number of hydrogen-bond donors (Lipinski definition) is 0. The number of aldehydes is 1. The quantitative estimate of drug-likeness (QED) is 0.424. The fourth-order valence-corrected chi connectivity index (χ4v) is 0.746. The molecule has 76 valence electrons. The van der Waals surface area contributed by atoms with E-state index in [-0.39, 0.29) is 6.29 Å². The van der Waals surface area contributed by atoms with E-state index in [1.54, 1.807) is 0 Å². The minimum absolute atomic E-state index is 0.117. The molecule has 0 aliphatic carbocycles. The summed E-state index contributed by atoms with van der Waals surface area (Å²) >= 11 is 0. The van der Waals surface area contributed by atoms with Crippen LogP contribution in [0.4, 0.5) is 17.6 Å². The Morgan fingerprint density at radius 1 is 1.36 bits per heavy atom. The number of ether oxygens (including phenoxy) is 1. The minimum atomic E-state index is -4.92. The molecule has 0 saturated carbocycles. The lowest BCUT2D eigenvalue weighted by molar-refractivity contribution is -0.274. The number of carbonyl (C=O) groups excluding carboxylic acids is 1. The number of alkyl halides is 3. The maximum absolute atomic E-state index is 12.5. The Morgan fingerprint density at radius 2 is 2.00 bits per heavy atom. The Hall–Kier alpha value is -1.66. The van der Waals surface area contributed by atoms with Crippen molar-refractivity contribution in [3.05, 3.63) is 23.8 Å². The van der Waals surface area contributed by atoms with Crippen molar-refractivity contribution in [1.82, 2.24) is 4.98 Å². The van der Waals surface area contributed by atoms with Crippen LogP contribution in [0.1, 0.15) is 10.5 Å². The molecule has 14 heavy (non-hydrogen) atoms. The normalized spacial score (nSPS) is 11.1. The smallest absolute Gasteiger partial charge is 0.406 e. The summed E-state index contributed by atoms with van der Waals surface area (Å²) in [4.78, 5) is 13.1. The molecule has 0 unspecified atom stereocenters. The Bertz CT molecular complexity index is 350. The molecule has 0 N–H and O–H groups in total. The molecule has 1 aromatic heterocycles. The molecule has 7 heteroatoms. The first kappa shape index (κ1) is 10.4. The van der Waals surface area contributed by atoms with Crippen LogP contribution in [0.15, 0.2) is 12.1 Å². The van der Waals surface area contributed by atoms with Crippen LogP contribution in [0, 0.1) is 5.95 Å². The van der Waals surface area contributed by atoms with Crippen LogP contribution in [-0.2, 0) is 0 Å². The van der Waals surface area contributed by atoms with Crippen molar-refractivity contribution < 1.29 is 27.1 Å². The average Bonchev–Trinajstić information content (AvgIpc) is 1.99. The number of aromatic nitrogens is 1. The third-order valence-electron chi connectivity index (χ3n) is 1.14. The third kappa shape index (κ3) is 3.00. The summed E-state index contributed by atoms with van der Waals surface area (Å²) in [5.74, 6) is -2.03. The molecule has 0 atom stereocenters. The molecule has 0 radical (unpaired) electrons. The van der Waals surface area contributed by atoms with Crippen molar-refractivity contribution in [3.8, 4) is 5.75 Å². The first-order valence-corrected chi connectivity index (χ1v) is 3.29. The summed E-state index contributed by atoms with van der Waals surface area (Å²) < 4.78 is 50.8. The molecule has 0 fully saturated rings. The molecule has 0 saturated heterocycles. The lowest BCUT2D eigenvalue weighted by Crippen LogP contribution is -2.17. The van der Waals surface area contributed by atoms with Gasteiger partial charge in [-0.2, -0.15) is 4.39 Å². The Kier molecular flexibility index (Phi) is 2.68. The zero-order valence-electron chi connectivity index (χ0n) is 6.51. The molecule has 0 aliphatic heterocycles. The van der Waals surface area contributed by atoms with E-state index in [1.165, 1.54) is 0 Å². The van der Waals surface area contributed by atoms with E-state index >= 15 is 0 Å². The largest absolute Gasteiger partial charge is 0.573 e. The second kappa shape index (κ2) is 3.60. The number of nitrogens with zero attached hydrogens (tertiary/aromatic N) is 1. The minimum Gasteiger partial charge on any atom is -0.406 e. The van der Waals surface area contributed by atoms with Gasteiger partial charge in [0.25, 0.3) is 0 Å². The highest BCUT2D eigenvalue weighted by Gasteiger charge is 2.31. The monoisotopic (exact) mass is 209 g/mol. The van der Waals surface area contributed by atoms with Crippen LogP contribution in [0.25, 0.3) is 0 Å². The third-order valence-corrected chi connectivity index (χ3v) is 1.14. The molecule has 0 aliphatic rings. The van der Waals surface area contributed by atoms with E-state index < -0.39 is 23.8 Å². The van der Waals surface area contributed by atoms with Crippen molar-refractivity contribution >= 4 is 6.29 Å². The van der Waals surface area contributed by atoms with Crippen molar-refractivity contribution in [2.24, 2.45) is 0 Å². The molecule has 1 rings (SSSR count). The van der Waals surface area contributed by atoms with Crippen LogP contribution in [0.5, 0.6) is 5.75 Å². The van der Waals surface area contributed by atoms with Crippen LogP contribution in [-0.4, -0.2) is 17.6 Å². The van der Waals surface area contributed by atoms with Crippen LogP contribution < -0.4 is 4.74 Å². The Labute approximate surface area is 75.3 Å². The first-order valence-electron chi connectivity index (χ1n) is 3.29. The number of halogens is 4. The zero-order chi connectivity index (χ0) is 10.8. The fraction of sp³-hybridized carbons (Fsp3) is 0.143. The van der Waals surface area contributed by atoms with Gasteiger partial charge in [-0.1, -0.05) is 0 Å². The van der Waals surface area contributed by atoms with Crippen molar-refractivity contribution in [1.29, 1.82) is 0 Å². The highest BCUT2D eigenvalue weighted by Crippen LogP contribution is 2.22. The van der Waals surface area contributed by atoms with Gasteiger partial charge >= 0.3 is 6.36 Å². The van der Waals surface area contributed by atoms with Gasteiger partial charge in [0.1, 0.15) is 11.4 Å². The van der Waals surface area contributed by atoms with Crippen molar-refractivity contribution in [3.63, 3.8) is 0 Å². The number of hydrogen-bond acceptors (Lipinski definition) is 3. The summed E-state index contributed by atoms with van der Waals surface area (Å²) in [5, 5.41) is 0. The predicted octanol–water partition coefficient (Wildman–Crippen LogP) is 1.93. The molecule has 0 spiro atoms. The predicted molar refractivity (Wildman–Crippen MR) is 36.3 cm³/mol.